The monoisotopic (exact) mass is 839 g/mol. The van der Waals surface area contributed by atoms with Crippen LogP contribution in [0, 0.1) is 0 Å². The van der Waals surface area contributed by atoms with Crippen LogP contribution in [0.15, 0.2) is 34.5 Å². The number of phosphoric ester groups is 1. The lowest BCUT2D eigenvalue weighted by Crippen LogP contribution is -2.38. The van der Waals surface area contributed by atoms with Crippen LogP contribution in [0.4, 0.5) is 5.82 Å². The van der Waals surface area contributed by atoms with E-state index in [1.807, 2.05) is 4.98 Å². The van der Waals surface area contributed by atoms with Crippen LogP contribution in [0.2, 0.25) is 0 Å². The second-order valence-electron chi connectivity index (χ2n) is 11.3. The van der Waals surface area contributed by atoms with Gasteiger partial charge in [-0.15, -0.1) is 0 Å². The third-order valence-corrected chi connectivity index (χ3v) is 13.0. The van der Waals surface area contributed by atoms with Crippen LogP contribution in [0.25, 0.3) is 11.2 Å². The molecule has 0 spiro atoms. The summed E-state index contributed by atoms with van der Waals surface area (Å²) in [6.45, 7) is -1.87. The summed E-state index contributed by atoms with van der Waals surface area (Å²) in [5, 5.41) is 21.0. The molecule has 5 heterocycles. The van der Waals surface area contributed by atoms with Crippen LogP contribution < -0.4 is 17.0 Å². The van der Waals surface area contributed by atoms with E-state index in [0.717, 1.165) is 30.3 Å². The van der Waals surface area contributed by atoms with Crippen molar-refractivity contribution in [2.24, 2.45) is 0 Å². The summed E-state index contributed by atoms with van der Waals surface area (Å²) in [6.07, 6.45) is -11.8. The minimum atomic E-state index is -5.45. The van der Waals surface area contributed by atoms with Gasteiger partial charge in [0.2, 0.25) is 0 Å². The van der Waals surface area contributed by atoms with Crippen molar-refractivity contribution < 1.29 is 85.0 Å². The third kappa shape index (κ3) is 9.99. The van der Waals surface area contributed by atoms with Gasteiger partial charge in [0.25, 0.3) is 5.56 Å². The highest BCUT2D eigenvalue weighted by Gasteiger charge is 2.52. The maximum absolute atomic E-state index is 13.3. The number of nitrogens with zero attached hydrogens (tertiary/aromatic N) is 5. The minimum absolute atomic E-state index is 0.0270. The Labute approximate surface area is 295 Å². The predicted molar refractivity (Wildman–Crippen MR) is 171 cm³/mol. The highest BCUT2D eigenvalue weighted by molar-refractivity contribution is 7.64. The number of fused-ring (bicyclic) bond motifs is 1. The van der Waals surface area contributed by atoms with Crippen LogP contribution in [0.3, 0.4) is 0 Å². The maximum atomic E-state index is 13.3. The number of aliphatic hydroxyl groups is 2. The summed E-state index contributed by atoms with van der Waals surface area (Å²) in [6, 6.07) is 0.947. The number of hydrogen-bond donors (Lipinski definition) is 9. The number of nitrogens with one attached hydrogen (secondary N) is 1. The van der Waals surface area contributed by atoms with E-state index in [1.165, 1.54) is 10.9 Å². The van der Waals surface area contributed by atoms with Gasteiger partial charge in [0, 0.05) is 19.4 Å². The molecule has 0 aliphatic carbocycles. The Balaban J connectivity index is 1.34. The quantitative estimate of drug-likeness (QED) is 0.0673. The van der Waals surface area contributed by atoms with Crippen molar-refractivity contribution in [3.63, 3.8) is 0 Å². The van der Waals surface area contributed by atoms with Gasteiger partial charge in [-0.1, -0.05) is 0 Å². The summed E-state index contributed by atoms with van der Waals surface area (Å²) < 4.78 is 87.2. The lowest BCUT2D eigenvalue weighted by molar-refractivity contribution is -0.0609. The SMILES string of the molecule is CO[C@@H]1[C@H](OP(=O)(O)OC[C@H]2O[C@@H](n3ccc(=O)[nH]c3=O)[C@H](O)[C@@H]2O)C(COP(=O)(O)CCP(=O)(O)OP(=O)(O)O)O[C@H]1n1cnc2c(N)ncnc21. The number of nitrogen functional groups attached to an aromatic ring is 1. The molecule has 2 saturated heterocycles. The van der Waals surface area contributed by atoms with Crippen molar-refractivity contribution in [2.45, 2.75) is 49.1 Å². The first-order chi connectivity index (χ1) is 24.6. The Morgan fingerprint density at radius 3 is 2.19 bits per heavy atom. The molecule has 0 radical (unpaired) electrons. The van der Waals surface area contributed by atoms with Gasteiger partial charge < -0.3 is 59.1 Å². The molecule has 27 nitrogen and oxygen atoms in total. The summed E-state index contributed by atoms with van der Waals surface area (Å²) >= 11 is 0. The van der Waals surface area contributed by atoms with Crippen LogP contribution in [0.5, 0.6) is 0 Å². The van der Waals surface area contributed by atoms with Crippen molar-refractivity contribution in [1.29, 1.82) is 0 Å². The Hall–Kier alpha value is -2.61. The molecule has 2 fully saturated rings. The fourth-order valence-electron chi connectivity index (χ4n) is 5.29. The molecule has 3 aromatic heterocycles. The molecule has 2 aliphatic heterocycles. The van der Waals surface area contributed by atoms with E-state index in [2.05, 4.69) is 19.3 Å². The zero-order chi connectivity index (χ0) is 39.1. The molecule has 2 aliphatic rings. The van der Waals surface area contributed by atoms with Gasteiger partial charge in [-0.3, -0.25) is 37.1 Å². The maximum Gasteiger partial charge on any atom is 0.476 e. The van der Waals surface area contributed by atoms with Gasteiger partial charge in [-0.25, -0.2) is 33.2 Å². The van der Waals surface area contributed by atoms with Crippen molar-refractivity contribution in [2.75, 3.05) is 38.4 Å². The van der Waals surface area contributed by atoms with Crippen LogP contribution in [0.1, 0.15) is 12.5 Å². The fourth-order valence-corrected chi connectivity index (χ4v) is 10.4. The van der Waals surface area contributed by atoms with E-state index in [9.17, 15) is 52.7 Å². The number of H-pyrrole nitrogens is 1. The lowest BCUT2D eigenvalue weighted by atomic mass is 10.1. The number of methoxy groups -OCH3 is 1. The summed E-state index contributed by atoms with van der Waals surface area (Å²) in [4.78, 5) is 86.0. The molecule has 0 bridgehead atoms. The zero-order valence-electron chi connectivity index (χ0n) is 26.8. The number of anilines is 1. The number of aliphatic hydroxyl groups excluding tert-OH is 2. The first-order valence-corrected chi connectivity index (χ1v) is 21.3. The molecule has 0 amide bonds. The predicted octanol–water partition coefficient (Wildman–Crippen LogP) is -2.51. The first kappa shape index (κ1) is 41.6. The van der Waals surface area contributed by atoms with Gasteiger partial charge in [0.15, 0.2) is 23.9 Å². The number of nitrogens with two attached hydrogens (primary N) is 1. The summed E-state index contributed by atoms with van der Waals surface area (Å²) in [5.74, 6) is -0.0270. The van der Waals surface area contributed by atoms with E-state index < -0.39 is 117 Å². The summed E-state index contributed by atoms with van der Waals surface area (Å²) in [5.41, 5.74) is 4.33. The van der Waals surface area contributed by atoms with Gasteiger partial charge in [0.1, 0.15) is 48.5 Å². The number of hydrogen-bond acceptors (Lipinski definition) is 19. The molecule has 53 heavy (non-hydrogen) atoms. The number of aromatic amines is 1. The number of ether oxygens (including phenoxy) is 3. The molecule has 5 rings (SSSR count). The van der Waals surface area contributed by atoms with E-state index in [-0.39, 0.29) is 17.0 Å². The van der Waals surface area contributed by atoms with Crippen LogP contribution in [-0.2, 0) is 50.4 Å². The molecular weight excluding hydrogens is 806 g/mol. The number of aromatic nitrogens is 6. The lowest BCUT2D eigenvalue weighted by Gasteiger charge is -2.26. The van der Waals surface area contributed by atoms with Crippen LogP contribution in [-0.4, -0.2) is 133 Å². The van der Waals surface area contributed by atoms with Crippen molar-refractivity contribution in [3.05, 3.63) is 45.8 Å². The van der Waals surface area contributed by atoms with E-state index in [0.29, 0.717) is 0 Å². The molecule has 3 aromatic rings. The number of rotatable bonds is 16. The van der Waals surface area contributed by atoms with Crippen molar-refractivity contribution in [3.8, 4) is 0 Å². The molecule has 31 heteroatoms. The standard InChI is InChI=1S/C22H33N7O20P4/c1-43-17-16(48-53(41,42)45-6-10-14(31)15(32)20(46-10)28-3-2-12(30)27-22(28)33)11(7-44-50(34,35)4-5-51(36,37)49-52(38,39)40)47-21(17)29-9-26-13-18(23)24-8-25-19(13)29/h2-3,8-11,14-17,20-21,31-32H,4-7H2,1H3,(H,34,35)(H,36,37)(H,41,42)(H2,23,24,25)(H,27,30,33)(H2,38,39,40)/t10-,11?,14-,15-,16-,17-,20-,21-/m1/s1. The second-order valence-corrected chi connectivity index (χ2v) is 18.1. The number of phosphoric acid groups is 2. The highest BCUT2D eigenvalue weighted by Crippen LogP contribution is 2.59. The largest absolute Gasteiger partial charge is 0.476 e. The topological polar surface area (TPSA) is 399 Å². The molecule has 296 valence electrons. The number of imidazole rings is 1. The molecular formula is C22H33N7O20P4. The average Bonchev–Trinajstić information content (AvgIpc) is 3.71. The Kier molecular flexibility index (Phi) is 12.4. The second kappa shape index (κ2) is 15.9. The third-order valence-electron chi connectivity index (χ3n) is 7.68. The smallest absolute Gasteiger partial charge is 0.387 e. The highest BCUT2D eigenvalue weighted by atomic mass is 31.3. The van der Waals surface area contributed by atoms with E-state index in [4.69, 9.17) is 43.3 Å². The van der Waals surface area contributed by atoms with Gasteiger partial charge >= 0.3 is 36.5 Å². The molecule has 0 saturated carbocycles. The first-order valence-electron chi connectivity index (χ1n) is 14.8. The average molecular weight is 839 g/mol. The van der Waals surface area contributed by atoms with Crippen molar-refractivity contribution in [1.82, 2.24) is 29.1 Å². The molecule has 0 aromatic carbocycles. The zero-order valence-corrected chi connectivity index (χ0v) is 30.4. The molecule has 4 unspecified atom stereocenters. The summed E-state index contributed by atoms with van der Waals surface area (Å²) in [7, 11) is -19.6. The van der Waals surface area contributed by atoms with E-state index >= 15 is 0 Å². The van der Waals surface area contributed by atoms with Crippen LogP contribution >= 0.6 is 30.8 Å². The van der Waals surface area contributed by atoms with Crippen molar-refractivity contribution >= 4 is 47.8 Å². The van der Waals surface area contributed by atoms with Gasteiger partial charge in [0.05, 0.1) is 31.9 Å². The molecule has 11 atom stereocenters. The molecule has 10 N–H and O–H groups in total. The Morgan fingerprint density at radius 1 is 0.868 bits per heavy atom. The minimum Gasteiger partial charge on any atom is -0.387 e. The Morgan fingerprint density at radius 2 is 1.53 bits per heavy atom. The normalized spacial score (nSPS) is 29.9. The van der Waals surface area contributed by atoms with E-state index in [1.54, 1.807) is 0 Å². The Bertz CT molecular complexity index is 2110. The van der Waals surface area contributed by atoms with Gasteiger partial charge in [-0.05, 0) is 0 Å². The fraction of sp³-hybridized carbons (Fsp3) is 0.591. The van der Waals surface area contributed by atoms with Gasteiger partial charge in [-0.2, -0.15) is 0 Å².